The van der Waals surface area contributed by atoms with Gasteiger partial charge in [-0.3, -0.25) is 4.79 Å². The Labute approximate surface area is 180 Å². The van der Waals surface area contributed by atoms with Crippen LogP contribution in [-0.4, -0.2) is 19.0 Å². The minimum Gasteiger partial charge on any atom is -0.465 e. The summed E-state index contributed by atoms with van der Waals surface area (Å²) >= 11 is 1.51. The van der Waals surface area contributed by atoms with E-state index in [-0.39, 0.29) is 11.9 Å². The first kappa shape index (κ1) is 20.4. The maximum absolute atomic E-state index is 13.2. The van der Waals surface area contributed by atoms with Gasteiger partial charge in [0.25, 0.3) is 5.91 Å². The number of aryl methyl sites for hydroxylation is 3. The highest BCUT2D eigenvalue weighted by Gasteiger charge is 2.27. The molecule has 0 atom stereocenters. The smallest absolute Gasteiger partial charge is 0.341 e. The van der Waals surface area contributed by atoms with E-state index in [0.29, 0.717) is 16.1 Å². The van der Waals surface area contributed by atoms with Crippen molar-refractivity contribution in [3.63, 3.8) is 0 Å². The third kappa shape index (κ3) is 4.31. The van der Waals surface area contributed by atoms with Crippen molar-refractivity contribution in [2.45, 2.75) is 38.5 Å². The number of nitrogens with one attached hydrogen (secondary N) is 1. The van der Waals surface area contributed by atoms with Gasteiger partial charge in [-0.15, -0.1) is 11.3 Å². The van der Waals surface area contributed by atoms with Crippen LogP contribution in [0.3, 0.4) is 0 Å². The molecular weight excluding hydrogens is 394 g/mol. The van der Waals surface area contributed by atoms with Crippen LogP contribution in [-0.2, 0) is 30.4 Å². The number of benzene rings is 2. The molecule has 1 heterocycles. The molecule has 2 aromatic carbocycles. The minimum atomic E-state index is -0.373. The van der Waals surface area contributed by atoms with Crippen molar-refractivity contribution in [1.82, 2.24) is 0 Å². The average molecular weight is 420 g/mol. The Morgan fingerprint density at radius 1 is 0.967 bits per heavy atom. The fourth-order valence-electron chi connectivity index (χ4n) is 4.03. The van der Waals surface area contributed by atoms with Gasteiger partial charge < -0.3 is 10.1 Å². The number of ether oxygens (including phenoxy) is 1. The summed E-state index contributed by atoms with van der Waals surface area (Å²) in [5, 5.41) is 3.62. The highest BCUT2D eigenvalue weighted by atomic mass is 32.1. The number of carbonyl (C=O) groups excluding carboxylic acids is 2. The highest BCUT2D eigenvalue weighted by Crippen LogP contribution is 2.38. The highest BCUT2D eigenvalue weighted by molar-refractivity contribution is 7.17. The van der Waals surface area contributed by atoms with Gasteiger partial charge in [-0.1, -0.05) is 48.5 Å². The topological polar surface area (TPSA) is 55.4 Å². The number of fused-ring (bicyclic) bond motifs is 1. The molecule has 0 saturated heterocycles. The van der Waals surface area contributed by atoms with E-state index in [1.807, 2.05) is 42.5 Å². The number of thiophene rings is 1. The average Bonchev–Trinajstić information content (AvgIpc) is 3.15. The molecule has 154 valence electrons. The third-order valence-electron chi connectivity index (χ3n) is 5.58. The monoisotopic (exact) mass is 419 g/mol. The van der Waals surface area contributed by atoms with Crippen molar-refractivity contribution in [2.75, 3.05) is 12.4 Å². The van der Waals surface area contributed by atoms with Crippen molar-refractivity contribution in [1.29, 1.82) is 0 Å². The maximum Gasteiger partial charge on any atom is 0.341 e. The van der Waals surface area contributed by atoms with E-state index in [2.05, 4.69) is 17.4 Å². The molecule has 5 heteroatoms. The zero-order valence-electron chi connectivity index (χ0n) is 17.1. The van der Waals surface area contributed by atoms with Crippen molar-refractivity contribution >= 4 is 28.2 Å². The van der Waals surface area contributed by atoms with E-state index in [1.54, 1.807) is 0 Å². The lowest BCUT2D eigenvalue weighted by Gasteiger charge is -2.12. The molecule has 0 saturated carbocycles. The van der Waals surface area contributed by atoms with E-state index in [9.17, 15) is 9.59 Å². The lowest BCUT2D eigenvalue weighted by Crippen LogP contribution is -2.16. The molecule has 0 bridgehead atoms. The van der Waals surface area contributed by atoms with E-state index < -0.39 is 0 Å². The Bertz CT molecular complexity index is 1060. The number of anilines is 1. The number of carbonyl (C=O) groups is 2. The lowest BCUT2D eigenvalue weighted by molar-refractivity contribution is 0.0601. The van der Waals surface area contributed by atoms with Crippen molar-refractivity contribution in [3.8, 4) is 0 Å². The summed E-state index contributed by atoms with van der Waals surface area (Å²) in [7, 11) is 1.39. The number of rotatable bonds is 6. The maximum atomic E-state index is 13.2. The zero-order valence-corrected chi connectivity index (χ0v) is 17.9. The third-order valence-corrected chi connectivity index (χ3v) is 6.78. The molecule has 4 rings (SSSR count). The summed E-state index contributed by atoms with van der Waals surface area (Å²) in [6, 6.07) is 17.9. The van der Waals surface area contributed by atoms with Gasteiger partial charge in [0, 0.05) is 10.4 Å². The Hall–Kier alpha value is -2.92. The van der Waals surface area contributed by atoms with Crippen LogP contribution < -0.4 is 5.32 Å². The molecular formula is C25H25NO3S. The molecule has 4 nitrogen and oxygen atoms in total. The van der Waals surface area contributed by atoms with Crippen molar-refractivity contribution in [3.05, 3.63) is 87.3 Å². The van der Waals surface area contributed by atoms with Gasteiger partial charge in [0.15, 0.2) is 0 Å². The Balaban J connectivity index is 1.58. The van der Waals surface area contributed by atoms with Crippen LogP contribution in [0.2, 0.25) is 0 Å². The van der Waals surface area contributed by atoms with Crippen LogP contribution in [0.15, 0.2) is 54.6 Å². The summed E-state index contributed by atoms with van der Waals surface area (Å²) in [6.07, 6.45) is 5.63. The normalized spacial score (nSPS) is 12.8. The Morgan fingerprint density at radius 3 is 2.50 bits per heavy atom. The van der Waals surface area contributed by atoms with Crippen LogP contribution in [0.25, 0.3) is 0 Å². The second-order valence-corrected chi connectivity index (χ2v) is 8.61. The van der Waals surface area contributed by atoms with Gasteiger partial charge in [-0.25, -0.2) is 4.79 Å². The number of hydrogen-bond acceptors (Lipinski definition) is 4. The molecule has 3 aromatic rings. The second-order valence-electron chi connectivity index (χ2n) is 7.50. The van der Waals surface area contributed by atoms with Crippen LogP contribution in [0.5, 0.6) is 0 Å². The van der Waals surface area contributed by atoms with Crippen LogP contribution in [0, 0.1) is 0 Å². The molecule has 0 unspecified atom stereocenters. The Kier molecular flexibility index (Phi) is 6.29. The fourth-order valence-corrected chi connectivity index (χ4v) is 5.30. The van der Waals surface area contributed by atoms with E-state index in [0.717, 1.165) is 49.7 Å². The molecule has 0 spiro atoms. The quantitative estimate of drug-likeness (QED) is 0.541. The SMILES string of the molecule is COC(=O)c1c(NC(=O)c2ccccc2CCc2ccccc2)sc2c1CCCC2. The van der Waals surface area contributed by atoms with Crippen LogP contribution in [0.1, 0.15) is 55.1 Å². The summed E-state index contributed by atoms with van der Waals surface area (Å²) < 4.78 is 5.02. The van der Waals surface area contributed by atoms with Crippen LogP contribution in [0.4, 0.5) is 5.00 Å². The number of methoxy groups -OCH3 is 1. The van der Waals surface area contributed by atoms with E-state index >= 15 is 0 Å². The number of amides is 1. The van der Waals surface area contributed by atoms with Crippen molar-refractivity contribution < 1.29 is 14.3 Å². The zero-order chi connectivity index (χ0) is 20.9. The number of esters is 1. The van der Waals surface area contributed by atoms with Gasteiger partial charge in [-0.2, -0.15) is 0 Å². The molecule has 0 fully saturated rings. The largest absolute Gasteiger partial charge is 0.465 e. The van der Waals surface area contributed by atoms with Crippen LogP contribution >= 0.6 is 11.3 Å². The first-order chi connectivity index (χ1) is 14.7. The predicted octanol–water partition coefficient (Wildman–Crippen LogP) is 5.45. The molecule has 1 aromatic heterocycles. The molecule has 0 aliphatic heterocycles. The standard InChI is InChI=1S/C25H25NO3S/c1-29-25(28)22-20-13-7-8-14-21(20)30-24(22)26-23(27)19-12-6-5-11-18(19)16-15-17-9-3-2-4-10-17/h2-6,9-12H,7-8,13-16H2,1H3,(H,26,27). The molecule has 1 N–H and O–H groups in total. The van der Waals surface area contributed by atoms with Gasteiger partial charge >= 0.3 is 5.97 Å². The Morgan fingerprint density at radius 2 is 1.70 bits per heavy atom. The summed E-state index contributed by atoms with van der Waals surface area (Å²) in [5.41, 5.74) is 4.47. The van der Waals surface area contributed by atoms with Gasteiger partial charge in [0.1, 0.15) is 5.00 Å². The second kappa shape index (κ2) is 9.26. The fraction of sp³-hybridized carbons (Fsp3) is 0.280. The summed E-state index contributed by atoms with van der Waals surface area (Å²) in [4.78, 5) is 26.8. The van der Waals surface area contributed by atoms with Crippen molar-refractivity contribution in [2.24, 2.45) is 0 Å². The summed E-state index contributed by atoms with van der Waals surface area (Å²) in [6.45, 7) is 0. The van der Waals surface area contributed by atoms with Gasteiger partial charge in [-0.05, 0) is 61.3 Å². The molecule has 1 aliphatic rings. The number of hydrogen-bond donors (Lipinski definition) is 1. The van der Waals surface area contributed by atoms with E-state index in [4.69, 9.17) is 4.74 Å². The van der Waals surface area contributed by atoms with Gasteiger partial charge in [0.2, 0.25) is 0 Å². The minimum absolute atomic E-state index is 0.178. The predicted molar refractivity (Wildman–Crippen MR) is 121 cm³/mol. The molecule has 30 heavy (non-hydrogen) atoms. The lowest BCUT2D eigenvalue weighted by atomic mass is 9.95. The molecule has 0 radical (unpaired) electrons. The first-order valence-electron chi connectivity index (χ1n) is 10.3. The van der Waals surface area contributed by atoms with Gasteiger partial charge in [0.05, 0.1) is 12.7 Å². The van der Waals surface area contributed by atoms with E-state index in [1.165, 1.54) is 28.9 Å². The molecule has 1 aliphatic carbocycles. The first-order valence-corrected chi connectivity index (χ1v) is 11.1. The molecule has 1 amide bonds. The summed E-state index contributed by atoms with van der Waals surface area (Å²) in [5.74, 6) is -0.551.